The third kappa shape index (κ3) is 4.16. The molecule has 0 bridgehead atoms. The Hall–Kier alpha value is -2.86. The van der Waals surface area contributed by atoms with E-state index in [1.54, 1.807) is 7.05 Å². The Bertz CT molecular complexity index is 859. The van der Waals surface area contributed by atoms with Gasteiger partial charge in [0.15, 0.2) is 0 Å². The zero-order valence-corrected chi connectivity index (χ0v) is 14.2. The standard InChI is InChI=1S/C19H22N4O2/c1-22(9-10-24)19(25)20-12-15-5-4-6-16(11-15)13-23-14-21-17-7-2-3-8-18(17)23/h2-8,11,14,24H,9-10,12-13H2,1H3,(H,20,25). The fourth-order valence-corrected chi connectivity index (χ4v) is 2.74. The van der Waals surface area contributed by atoms with Gasteiger partial charge in [0.2, 0.25) is 0 Å². The Morgan fingerprint density at radius 1 is 1.20 bits per heavy atom. The number of aliphatic hydroxyl groups is 1. The number of aromatic nitrogens is 2. The van der Waals surface area contributed by atoms with Gasteiger partial charge in [-0.1, -0.05) is 36.4 Å². The molecule has 0 aliphatic heterocycles. The van der Waals surface area contributed by atoms with Gasteiger partial charge in [-0.05, 0) is 23.3 Å². The van der Waals surface area contributed by atoms with E-state index in [9.17, 15) is 4.79 Å². The molecule has 0 radical (unpaired) electrons. The Morgan fingerprint density at radius 2 is 2.00 bits per heavy atom. The molecule has 130 valence electrons. The molecule has 1 heterocycles. The summed E-state index contributed by atoms with van der Waals surface area (Å²) in [6.07, 6.45) is 1.85. The Kier molecular flexibility index (Phi) is 5.30. The van der Waals surface area contributed by atoms with Gasteiger partial charge in [-0.3, -0.25) is 0 Å². The zero-order valence-electron chi connectivity index (χ0n) is 14.2. The summed E-state index contributed by atoms with van der Waals surface area (Å²) in [4.78, 5) is 17.8. The number of fused-ring (bicyclic) bond motifs is 1. The summed E-state index contributed by atoms with van der Waals surface area (Å²) >= 11 is 0. The number of imidazole rings is 1. The van der Waals surface area contributed by atoms with E-state index < -0.39 is 0 Å². The van der Waals surface area contributed by atoms with Crippen LogP contribution in [0.15, 0.2) is 54.9 Å². The summed E-state index contributed by atoms with van der Waals surface area (Å²) in [6.45, 7) is 1.46. The van der Waals surface area contributed by atoms with Crippen molar-refractivity contribution in [2.75, 3.05) is 20.2 Å². The van der Waals surface area contributed by atoms with Crippen LogP contribution in [-0.4, -0.2) is 45.8 Å². The van der Waals surface area contributed by atoms with Gasteiger partial charge in [-0.2, -0.15) is 0 Å². The van der Waals surface area contributed by atoms with Crippen LogP contribution in [0.25, 0.3) is 11.0 Å². The van der Waals surface area contributed by atoms with Gasteiger partial charge in [-0.25, -0.2) is 9.78 Å². The lowest BCUT2D eigenvalue weighted by Crippen LogP contribution is -2.38. The highest BCUT2D eigenvalue weighted by atomic mass is 16.3. The van der Waals surface area contributed by atoms with E-state index in [0.717, 1.165) is 28.7 Å². The van der Waals surface area contributed by atoms with Crippen LogP contribution in [0.5, 0.6) is 0 Å². The van der Waals surface area contributed by atoms with Crippen molar-refractivity contribution >= 4 is 17.1 Å². The lowest BCUT2D eigenvalue weighted by Gasteiger charge is -2.16. The van der Waals surface area contributed by atoms with Crippen LogP contribution in [0.2, 0.25) is 0 Å². The van der Waals surface area contributed by atoms with E-state index in [1.807, 2.05) is 36.7 Å². The lowest BCUT2D eigenvalue weighted by atomic mass is 10.1. The molecule has 25 heavy (non-hydrogen) atoms. The average molecular weight is 338 g/mol. The number of hydrogen-bond acceptors (Lipinski definition) is 3. The van der Waals surface area contributed by atoms with Crippen molar-refractivity contribution in [1.82, 2.24) is 19.8 Å². The van der Waals surface area contributed by atoms with Crippen LogP contribution in [0.3, 0.4) is 0 Å². The molecule has 1 aromatic heterocycles. The fraction of sp³-hybridized carbons (Fsp3) is 0.263. The normalized spacial score (nSPS) is 10.8. The molecule has 0 aliphatic carbocycles. The molecule has 2 aromatic carbocycles. The average Bonchev–Trinajstić information content (AvgIpc) is 3.03. The van der Waals surface area contributed by atoms with E-state index in [1.165, 1.54) is 4.90 Å². The number of nitrogens with one attached hydrogen (secondary N) is 1. The minimum absolute atomic E-state index is 0.0434. The van der Waals surface area contributed by atoms with Crippen molar-refractivity contribution in [3.05, 3.63) is 66.0 Å². The molecule has 3 rings (SSSR count). The summed E-state index contributed by atoms with van der Waals surface area (Å²) in [5.41, 5.74) is 4.27. The van der Waals surface area contributed by atoms with Crippen molar-refractivity contribution in [1.29, 1.82) is 0 Å². The number of rotatable bonds is 6. The third-order valence-electron chi connectivity index (χ3n) is 4.10. The summed E-state index contributed by atoms with van der Waals surface area (Å²) in [6, 6.07) is 16.0. The van der Waals surface area contributed by atoms with Gasteiger partial charge in [0.25, 0.3) is 0 Å². The van der Waals surface area contributed by atoms with Gasteiger partial charge >= 0.3 is 6.03 Å². The molecule has 0 aliphatic rings. The van der Waals surface area contributed by atoms with Gasteiger partial charge in [0, 0.05) is 26.7 Å². The van der Waals surface area contributed by atoms with Crippen LogP contribution >= 0.6 is 0 Å². The van der Waals surface area contributed by atoms with Crippen LogP contribution in [-0.2, 0) is 13.1 Å². The summed E-state index contributed by atoms with van der Waals surface area (Å²) in [7, 11) is 1.66. The van der Waals surface area contributed by atoms with E-state index in [-0.39, 0.29) is 12.6 Å². The minimum Gasteiger partial charge on any atom is -0.395 e. The maximum absolute atomic E-state index is 11.9. The van der Waals surface area contributed by atoms with Crippen molar-refractivity contribution in [3.8, 4) is 0 Å². The Morgan fingerprint density at radius 3 is 2.84 bits per heavy atom. The number of para-hydroxylation sites is 2. The van der Waals surface area contributed by atoms with Gasteiger partial charge in [0.1, 0.15) is 0 Å². The SMILES string of the molecule is CN(CCO)C(=O)NCc1cccc(Cn2cnc3ccccc32)c1. The van der Waals surface area contributed by atoms with Crippen molar-refractivity contribution in [2.24, 2.45) is 0 Å². The minimum atomic E-state index is -0.194. The highest BCUT2D eigenvalue weighted by molar-refractivity contribution is 5.75. The molecule has 0 saturated carbocycles. The van der Waals surface area contributed by atoms with Crippen molar-refractivity contribution < 1.29 is 9.90 Å². The molecule has 0 unspecified atom stereocenters. The van der Waals surface area contributed by atoms with Crippen molar-refractivity contribution in [3.63, 3.8) is 0 Å². The first kappa shape index (κ1) is 17.0. The van der Waals surface area contributed by atoms with Gasteiger partial charge < -0.3 is 19.9 Å². The first-order valence-electron chi connectivity index (χ1n) is 8.25. The number of likely N-dealkylation sites (N-methyl/N-ethyl adjacent to an activating group) is 1. The third-order valence-corrected chi connectivity index (χ3v) is 4.10. The molecule has 6 nitrogen and oxygen atoms in total. The predicted octanol–water partition coefficient (Wildman–Crippen LogP) is 2.22. The number of urea groups is 1. The molecular formula is C19H22N4O2. The lowest BCUT2D eigenvalue weighted by molar-refractivity contribution is 0.190. The molecule has 6 heteroatoms. The van der Waals surface area contributed by atoms with E-state index in [2.05, 4.69) is 33.1 Å². The van der Waals surface area contributed by atoms with Crippen LogP contribution in [0, 0.1) is 0 Å². The number of amides is 2. The molecule has 0 saturated heterocycles. The maximum atomic E-state index is 11.9. The fourth-order valence-electron chi connectivity index (χ4n) is 2.74. The molecule has 0 fully saturated rings. The predicted molar refractivity (Wildman–Crippen MR) is 97.2 cm³/mol. The summed E-state index contributed by atoms with van der Waals surface area (Å²) in [5, 5.41) is 11.7. The number of carbonyl (C=O) groups excluding carboxylic acids is 1. The summed E-state index contributed by atoms with van der Waals surface area (Å²) < 4.78 is 2.11. The highest BCUT2D eigenvalue weighted by Gasteiger charge is 2.07. The maximum Gasteiger partial charge on any atom is 0.317 e. The van der Waals surface area contributed by atoms with Crippen LogP contribution in [0.4, 0.5) is 4.79 Å². The van der Waals surface area contributed by atoms with E-state index in [4.69, 9.17) is 5.11 Å². The molecular weight excluding hydrogens is 316 g/mol. The molecule has 3 aromatic rings. The van der Waals surface area contributed by atoms with E-state index in [0.29, 0.717) is 13.1 Å². The Balaban J connectivity index is 1.66. The van der Waals surface area contributed by atoms with Crippen molar-refractivity contribution in [2.45, 2.75) is 13.1 Å². The monoisotopic (exact) mass is 338 g/mol. The number of hydrogen-bond donors (Lipinski definition) is 2. The molecule has 2 amide bonds. The smallest absolute Gasteiger partial charge is 0.317 e. The second-order valence-electron chi connectivity index (χ2n) is 5.99. The second kappa shape index (κ2) is 7.81. The molecule has 0 atom stereocenters. The molecule has 0 spiro atoms. The number of benzene rings is 2. The van der Waals surface area contributed by atoms with Gasteiger partial charge in [0.05, 0.1) is 24.0 Å². The topological polar surface area (TPSA) is 70.4 Å². The first-order valence-corrected chi connectivity index (χ1v) is 8.25. The van der Waals surface area contributed by atoms with E-state index >= 15 is 0 Å². The second-order valence-corrected chi connectivity index (χ2v) is 5.99. The summed E-state index contributed by atoms with van der Waals surface area (Å²) in [5.74, 6) is 0. The van der Waals surface area contributed by atoms with Crippen LogP contribution in [0.1, 0.15) is 11.1 Å². The molecule has 2 N–H and O–H groups in total. The largest absolute Gasteiger partial charge is 0.395 e. The quantitative estimate of drug-likeness (QED) is 0.724. The zero-order chi connectivity index (χ0) is 17.6. The first-order chi connectivity index (χ1) is 12.2. The van der Waals surface area contributed by atoms with Gasteiger partial charge in [-0.15, -0.1) is 0 Å². The van der Waals surface area contributed by atoms with Crippen LogP contribution < -0.4 is 5.32 Å². The number of nitrogens with zero attached hydrogens (tertiary/aromatic N) is 3. The Labute approximate surface area is 146 Å². The number of aliphatic hydroxyl groups excluding tert-OH is 1. The highest BCUT2D eigenvalue weighted by Crippen LogP contribution is 2.15. The number of carbonyl (C=O) groups is 1.